The number of halogens is 1. The Balaban J connectivity index is 2.18. The molecule has 3 nitrogen and oxygen atoms in total. The second kappa shape index (κ2) is 3.95. The number of nitrogens with zero attached hydrogens (tertiary/aromatic N) is 1. The summed E-state index contributed by atoms with van der Waals surface area (Å²) in [6, 6.07) is 9.69. The number of hydrogen-bond donors (Lipinski definition) is 0. The fourth-order valence-electron chi connectivity index (χ4n) is 2.33. The van der Waals surface area contributed by atoms with E-state index in [1.54, 1.807) is 0 Å². The van der Waals surface area contributed by atoms with E-state index < -0.39 is 5.41 Å². The van der Waals surface area contributed by atoms with Crippen molar-refractivity contribution in [3.05, 3.63) is 41.0 Å². The van der Waals surface area contributed by atoms with Crippen LogP contribution in [0.5, 0.6) is 0 Å². The lowest BCUT2D eigenvalue weighted by Gasteiger charge is -2.14. The van der Waals surface area contributed by atoms with Crippen molar-refractivity contribution in [1.82, 2.24) is 4.98 Å². The zero-order valence-corrected chi connectivity index (χ0v) is 10.7. The van der Waals surface area contributed by atoms with E-state index in [1.807, 2.05) is 30.3 Å². The van der Waals surface area contributed by atoms with Gasteiger partial charge >= 0.3 is 5.97 Å². The van der Waals surface area contributed by atoms with Gasteiger partial charge in [-0.3, -0.25) is 4.79 Å². The second-order valence-corrected chi connectivity index (χ2v) is 4.95. The highest BCUT2D eigenvalue weighted by molar-refractivity contribution is 6.31. The van der Waals surface area contributed by atoms with Crippen molar-refractivity contribution in [2.75, 3.05) is 7.11 Å². The fraction of sp³-hybridized carbons (Fsp3) is 0.286. The van der Waals surface area contributed by atoms with Crippen LogP contribution in [0.2, 0.25) is 5.15 Å². The SMILES string of the molecule is COC(=O)C1(c2cc3ccccc3nc2Cl)CC1. The highest BCUT2D eigenvalue weighted by Gasteiger charge is 2.54. The van der Waals surface area contributed by atoms with Gasteiger partial charge in [0, 0.05) is 10.9 Å². The molecule has 1 aromatic carbocycles. The van der Waals surface area contributed by atoms with Crippen LogP contribution in [0.25, 0.3) is 10.9 Å². The van der Waals surface area contributed by atoms with Crippen LogP contribution in [0.1, 0.15) is 18.4 Å². The van der Waals surface area contributed by atoms with Crippen LogP contribution in [-0.4, -0.2) is 18.1 Å². The summed E-state index contributed by atoms with van der Waals surface area (Å²) in [6.45, 7) is 0. The average molecular weight is 262 g/mol. The van der Waals surface area contributed by atoms with E-state index in [4.69, 9.17) is 16.3 Å². The minimum absolute atomic E-state index is 0.221. The van der Waals surface area contributed by atoms with Gasteiger partial charge in [0.1, 0.15) is 5.15 Å². The Bertz CT molecular complexity index is 635. The lowest BCUT2D eigenvalue weighted by molar-refractivity contribution is -0.143. The summed E-state index contributed by atoms with van der Waals surface area (Å²) in [5, 5.41) is 1.39. The number of hydrogen-bond acceptors (Lipinski definition) is 3. The number of rotatable bonds is 2. The molecule has 1 heterocycles. The first-order chi connectivity index (χ1) is 8.67. The Labute approximate surface area is 110 Å². The van der Waals surface area contributed by atoms with Gasteiger partial charge < -0.3 is 4.74 Å². The third kappa shape index (κ3) is 1.58. The van der Waals surface area contributed by atoms with E-state index >= 15 is 0 Å². The molecule has 0 spiro atoms. The van der Waals surface area contributed by atoms with Gasteiger partial charge in [0.25, 0.3) is 0 Å². The van der Waals surface area contributed by atoms with Crippen molar-refractivity contribution < 1.29 is 9.53 Å². The minimum Gasteiger partial charge on any atom is -0.468 e. The van der Waals surface area contributed by atoms with Gasteiger partial charge in [0.15, 0.2) is 0 Å². The van der Waals surface area contributed by atoms with Crippen molar-refractivity contribution in [3.8, 4) is 0 Å². The van der Waals surface area contributed by atoms with Crippen molar-refractivity contribution in [2.45, 2.75) is 18.3 Å². The van der Waals surface area contributed by atoms with Gasteiger partial charge in [0.2, 0.25) is 0 Å². The molecule has 1 aliphatic rings. The smallest absolute Gasteiger partial charge is 0.316 e. The number of esters is 1. The molecule has 1 aliphatic carbocycles. The summed E-state index contributed by atoms with van der Waals surface area (Å²) in [6.07, 6.45) is 1.55. The first-order valence-corrected chi connectivity index (χ1v) is 6.19. The molecule has 0 unspecified atom stereocenters. The Morgan fingerprint density at radius 3 is 2.78 bits per heavy atom. The summed E-state index contributed by atoms with van der Waals surface area (Å²) >= 11 is 6.21. The number of benzene rings is 1. The maximum absolute atomic E-state index is 11.9. The number of ether oxygens (including phenoxy) is 1. The molecule has 0 bridgehead atoms. The largest absolute Gasteiger partial charge is 0.468 e. The molecule has 0 atom stereocenters. The Morgan fingerprint density at radius 2 is 2.11 bits per heavy atom. The van der Waals surface area contributed by atoms with E-state index in [0.29, 0.717) is 5.15 Å². The van der Waals surface area contributed by atoms with Gasteiger partial charge in [-0.1, -0.05) is 29.8 Å². The summed E-state index contributed by atoms with van der Waals surface area (Å²) in [4.78, 5) is 16.2. The molecule has 4 heteroatoms. The zero-order chi connectivity index (χ0) is 12.8. The molecule has 1 saturated carbocycles. The third-order valence-corrected chi connectivity index (χ3v) is 3.81. The molecule has 1 aromatic heterocycles. The number of para-hydroxylation sites is 1. The summed E-state index contributed by atoms with van der Waals surface area (Å²) in [5.41, 5.74) is 1.06. The van der Waals surface area contributed by atoms with Crippen LogP contribution in [-0.2, 0) is 14.9 Å². The van der Waals surface area contributed by atoms with Gasteiger partial charge in [0.05, 0.1) is 18.0 Å². The maximum Gasteiger partial charge on any atom is 0.316 e. The zero-order valence-electron chi connectivity index (χ0n) is 9.94. The Morgan fingerprint density at radius 1 is 1.39 bits per heavy atom. The van der Waals surface area contributed by atoms with Crippen LogP contribution < -0.4 is 0 Å². The predicted molar refractivity (Wildman–Crippen MR) is 69.7 cm³/mol. The number of aromatic nitrogens is 1. The molecule has 3 rings (SSSR count). The molecular weight excluding hydrogens is 250 g/mol. The molecule has 2 aromatic rings. The molecule has 0 amide bonds. The molecule has 18 heavy (non-hydrogen) atoms. The van der Waals surface area contributed by atoms with Crippen molar-refractivity contribution in [3.63, 3.8) is 0 Å². The van der Waals surface area contributed by atoms with Gasteiger partial charge in [-0.05, 0) is 25.0 Å². The van der Waals surface area contributed by atoms with Gasteiger partial charge in [-0.25, -0.2) is 4.98 Å². The van der Waals surface area contributed by atoms with Gasteiger partial charge in [-0.15, -0.1) is 0 Å². The van der Waals surface area contributed by atoms with Crippen LogP contribution >= 0.6 is 11.6 Å². The van der Waals surface area contributed by atoms with Crippen LogP contribution in [0.15, 0.2) is 30.3 Å². The highest BCUT2D eigenvalue weighted by Crippen LogP contribution is 2.51. The van der Waals surface area contributed by atoms with E-state index in [-0.39, 0.29) is 5.97 Å². The monoisotopic (exact) mass is 261 g/mol. The molecule has 0 aliphatic heterocycles. The highest BCUT2D eigenvalue weighted by atomic mass is 35.5. The molecule has 0 saturated heterocycles. The summed E-state index contributed by atoms with van der Waals surface area (Å²) in [5.74, 6) is -0.221. The van der Waals surface area contributed by atoms with Crippen LogP contribution in [0.3, 0.4) is 0 Å². The number of methoxy groups -OCH3 is 1. The number of fused-ring (bicyclic) bond motifs is 1. The molecule has 92 valence electrons. The third-order valence-electron chi connectivity index (χ3n) is 3.52. The quantitative estimate of drug-likeness (QED) is 0.616. The lowest BCUT2D eigenvalue weighted by atomic mass is 9.96. The van der Waals surface area contributed by atoms with Gasteiger partial charge in [-0.2, -0.15) is 0 Å². The topological polar surface area (TPSA) is 39.2 Å². The molecule has 0 N–H and O–H groups in total. The van der Waals surface area contributed by atoms with E-state index in [1.165, 1.54) is 7.11 Å². The number of carbonyl (C=O) groups excluding carboxylic acids is 1. The average Bonchev–Trinajstić information content (AvgIpc) is 3.18. The Kier molecular flexibility index (Phi) is 2.52. The van der Waals surface area contributed by atoms with Crippen molar-refractivity contribution in [2.24, 2.45) is 0 Å². The minimum atomic E-state index is -0.567. The fourth-order valence-corrected chi connectivity index (χ4v) is 2.66. The maximum atomic E-state index is 11.9. The number of carbonyl (C=O) groups is 1. The van der Waals surface area contributed by atoms with Crippen molar-refractivity contribution >= 4 is 28.5 Å². The Hall–Kier alpha value is -1.61. The van der Waals surface area contributed by atoms with E-state index in [2.05, 4.69) is 4.98 Å². The van der Waals surface area contributed by atoms with Crippen LogP contribution in [0.4, 0.5) is 0 Å². The van der Waals surface area contributed by atoms with Crippen molar-refractivity contribution in [1.29, 1.82) is 0 Å². The molecule has 1 fully saturated rings. The van der Waals surface area contributed by atoms with E-state index in [0.717, 1.165) is 29.3 Å². The normalized spacial score (nSPS) is 16.6. The predicted octanol–water partition coefficient (Wildman–Crippen LogP) is 3.09. The molecular formula is C14H12ClNO2. The first-order valence-electron chi connectivity index (χ1n) is 5.81. The number of pyridine rings is 1. The van der Waals surface area contributed by atoms with E-state index in [9.17, 15) is 4.79 Å². The first kappa shape index (κ1) is 11.5. The molecule has 0 radical (unpaired) electrons. The van der Waals surface area contributed by atoms with Crippen LogP contribution in [0, 0.1) is 0 Å². The summed E-state index contributed by atoms with van der Waals surface area (Å²) < 4.78 is 4.87. The second-order valence-electron chi connectivity index (χ2n) is 4.59. The lowest BCUT2D eigenvalue weighted by Crippen LogP contribution is -2.22. The summed E-state index contributed by atoms with van der Waals surface area (Å²) in [7, 11) is 1.41. The standard InChI is InChI=1S/C14H12ClNO2/c1-18-13(17)14(6-7-14)10-8-9-4-2-3-5-11(9)16-12(10)15/h2-5,8H,6-7H2,1H3.